The van der Waals surface area contributed by atoms with Crippen molar-refractivity contribution in [2.24, 2.45) is 21.5 Å². The zero-order chi connectivity index (χ0) is 25.9. The van der Waals surface area contributed by atoms with E-state index in [-0.39, 0.29) is 28.3 Å². The number of thiazole rings is 1. The van der Waals surface area contributed by atoms with Gasteiger partial charge in [0.15, 0.2) is 5.96 Å². The molecule has 1 aromatic heterocycles. The number of guanidine groups is 2. The van der Waals surface area contributed by atoms with Crippen LogP contribution in [-0.2, 0) is 25.8 Å². The molecule has 16 heteroatoms. The summed E-state index contributed by atoms with van der Waals surface area (Å²) in [5, 5.41) is 5.36. The highest BCUT2D eigenvalue weighted by Crippen LogP contribution is 2.21. The molecular weight excluding hydrogens is 533 g/mol. The molecule has 0 spiro atoms. The predicted molar refractivity (Wildman–Crippen MR) is 142 cm³/mol. The molecule has 2 rings (SSSR count). The number of nitrogens with one attached hydrogen (secondary N) is 3. The summed E-state index contributed by atoms with van der Waals surface area (Å²) in [7, 11) is -7.86. The molecule has 0 amide bonds. The Balaban J connectivity index is 1.98. The molecule has 0 radical (unpaired) electrons. The van der Waals surface area contributed by atoms with E-state index in [2.05, 4.69) is 29.7 Å². The zero-order valence-electron chi connectivity index (χ0n) is 19.4. The van der Waals surface area contributed by atoms with Gasteiger partial charge in [-0.05, 0) is 24.6 Å². The maximum Gasteiger partial charge on any atom is 0.264 e. The van der Waals surface area contributed by atoms with Crippen molar-refractivity contribution in [1.29, 1.82) is 0 Å². The number of benzene rings is 1. The van der Waals surface area contributed by atoms with Gasteiger partial charge >= 0.3 is 0 Å². The van der Waals surface area contributed by atoms with Crippen LogP contribution in [0.15, 0.2) is 49.4 Å². The lowest BCUT2D eigenvalue weighted by Crippen LogP contribution is -2.42. The summed E-state index contributed by atoms with van der Waals surface area (Å²) in [4.78, 5) is 12.2. The van der Waals surface area contributed by atoms with Crippen LogP contribution in [-0.4, -0.2) is 59.1 Å². The number of hydrogen-bond acceptors (Lipinski definition) is 9. The van der Waals surface area contributed by atoms with Crippen LogP contribution in [0.1, 0.15) is 26.0 Å². The third kappa shape index (κ3) is 9.64. The Hall–Kier alpha value is -2.40. The van der Waals surface area contributed by atoms with E-state index < -0.39 is 20.0 Å². The molecule has 0 bridgehead atoms. The van der Waals surface area contributed by atoms with Crippen LogP contribution in [0.4, 0.5) is 5.13 Å². The fraction of sp³-hybridized carbons (Fsp3) is 0.421. The van der Waals surface area contributed by atoms with Crippen LogP contribution in [0.25, 0.3) is 0 Å². The van der Waals surface area contributed by atoms with Crippen molar-refractivity contribution in [3.8, 4) is 0 Å². The Morgan fingerprint density at radius 2 is 1.86 bits per heavy atom. The topological polar surface area (TPSA) is 194 Å². The Labute approximate surface area is 214 Å². The Morgan fingerprint density at radius 1 is 1.14 bits per heavy atom. The first kappa shape index (κ1) is 28.8. The molecule has 35 heavy (non-hydrogen) atoms. The van der Waals surface area contributed by atoms with Gasteiger partial charge in [-0.1, -0.05) is 19.9 Å². The van der Waals surface area contributed by atoms with Gasteiger partial charge in [0.2, 0.25) is 21.1 Å². The van der Waals surface area contributed by atoms with E-state index in [1.165, 1.54) is 29.5 Å². The summed E-state index contributed by atoms with van der Waals surface area (Å²) in [5.74, 6) is 1.34. The fourth-order valence-corrected chi connectivity index (χ4v) is 6.33. The average Bonchev–Trinajstić information content (AvgIpc) is 3.23. The largest absolute Gasteiger partial charge is 0.370 e. The predicted octanol–water partition coefficient (Wildman–Crippen LogP) is 0.914. The van der Waals surface area contributed by atoms with Crippen molar-refractivity contribution in [3.05, 3.63) is 35.3 Å². The third-order valence-electron chi connectivity index (χ3n) is 4.04. The molecule has 0 aliphatic rings. The van der Waals surface area contributed by atoms with Crippen molar-refractivity contribution in [2.75, 3.05) is 25.4 Å². The highest BCUT2D eigenvalue weighted by atomic mass is 32.2. The Morgan fingerprint density at radius 3 is 2.51 bits per heavy atom. The summed E-state index contributed by atoms with van der Waals surface area (Å²) < 4.78 is 55.1. The lowest BCUT2D eigenvalue weighted by Gasteiger charge is -2.14. The average molecular weight is 563 g/mol. The monoisotopic (exact) mass is 562 g/mol. The summed E-state index contributed by atoms with van der Waals surface area (Å²) in [5.41, 5.74) is 11.5. The van der Waals surface area contributed by atoms with E-state index in [9.17, 15) is 16.8 Å². The summed E-state index contributed by atoms with van der Waals surface area (Å²) in [6.07, 6.45) is 0.722. The van der Waals surface area contributed by atoms with Gasteiger partial charge in [-0.15, -0.1) is 11.3 Å². The van der Waals surface area contributed by atoms with Gasteiger partial charge in [-0.25, -0.2) is 31.3 Å². The third-order valence-corrected chi connectivity index (χ3v) is 8.69. The SMILES string of the molecule is CCCN=C(NCCSCc1csc(N=C(N)N)n1)NS(=O)(=O)c1cccc(S(=O)(=O)NCC)c1. The van der Waals surface area contributed by atoms with E-state index >= 15 is 0 Å². The van der Waals surface area contributed by atoms with Crippen molar-refractivity contribution in [3.63, 3.8) is 0 Å². The number of aromatic nitrogens is 1. The minimum absolute atomic E-state index is 0.0462. The molecule has 0 fully saturated rings. The van der Waals surface area contributed by atoms with E-state index in [0.29, 0.717) is 29.7 Å². The molecular formula is C19H30N8O4S4. The highest BCUT2D eigenvalue weighted by molar-refractivity contribution is 7.98. The van der Waals surface area contributed by atoms with Gasteiger partial charge in [-0.2, -0.15) is 16.8 Å². The summed E-state index contributed by atoms with van der Waals surface area (Å²) in [6.45, 7) is 4.61. The van der Waals surface area contributed by atoms with Crippen LogP contribution >= 0.6 is 23.1 Å². The van der Waals surface area contributed by atoms with Gasteiger partial charge in [0, 0.05) is 36.5 Å². The molecule has 0 aliphatic carbocycles. The number of hydrogen-bond donors (Lipinski definition) is 5. The van der Waals surface area contributed by atoms with Crippen molar-refractivity contribution in [2.45, 2.75) is 35.8 Å². The highest BCUT2D eigenvalue weighted by Gasteiger charge is 2.20. The van der Waals surface area contributed by atoms with Gasteiger partial charge in [0.05, 0.1) is 15.5 Å². The molecule has 2 aromatic rings. The molecule has 0 atom stereocenters. The van der Waals surface area contributed by atoms with Gasteiger partial charge in [0.1, 0.15) is 0 Å². The van der Waals surface area contributed by atoms with Crippen LogP contribution in [0.3, 0.4) is 0 Å². The quantitative estimate of drug-likeness (QED) is 0.134. The van der Waals surface area contributed by atoms with E-state index in [4.69, 9.17) is 11.5 Å². The molecule has 7 N–H and O–H groups in total. The normalized spacial score (nSPS) is 12.3. The smallest absolute Gasteiger partial charge is 0.264 e. The maximum absolute atomic E-state index is 12.9. The first-order valence-electron chi connectivity index (χ1n) is 10.6. The van der Waals surface area contributed by atoms with Crippen LogP contribution < -0.4 is 26.2 Å². The molecule has 0 unspecified atom stereocenters. The number of nitrogens with two attached hydrogens (primary N) is 2. The molecule has 194 valence electrons. The van der Waals surface area contributed by atoms with Crippen molar-refractivity contribution >= 4 is 60.2 Å². The zero-order valence-corrected chi connectivity index (χ0v) is 22.7. The number of sulfonamides is 2. The first-order valence-corrected chi connectivity index (χ1v) is 15.6. The number of aliphatic imine (C=N–C) groups is 2. The lowest BCUT2D eigenvalue weighted by atomic mass is 10.4. The Bertz CT molecular complexity index is 1240. The number of thioether (sulfide) groups is 1. The van der Waals surface area contributed by atoms with Crippen molar-refractivity contribution in [1.82, 2.24) is 19.7 Å². The minimum atomic E-state index is -4.06. The van der Waals surface area contributed by atoms with Gasteiger partial charge in [0.25, 0.3) is 10.0 Å². The van der Waals surface area contributed by atoms with Gasteiger partial charge in [-0.3, -0.25) is 4.99 Å². The standard InChI is InChI=1S/C19H30N8O4S4/c1-3-8-22-18(23-9-10-32-12-14-13-33-19(25-14)26-17(20)21)27-35(30,31)16-7-5-6-15(11-16)34(28,29)24-4-2/h5-7,11,13,24H,3-4,8-10,12H2,1-2H3,(H2,22,23,27)(H4,20,21,25,26). The molecule has 0 saturated heterocycles. The second kappa shape index (κ2) is 13.6. The van der Waals surface area contributed by atoms with Crippen LogP contribution in [0.5, 0.6) is 0 Å². The second-order valence-electron chi connectivity index (χ2n) is 6.95. The lowest BCUT2D eigenvalue weighted by molar-refractivity contribution is 0.583. The fourth-order valence-electron chi connectivity index (χ4n) is 2.56. The molecule has 12 nitrogen and oxygen atoms in total. The summed E-state index contributed by atoms with van der Waals surface area (Å²) in [6, 6.07) is 5.15. The van der Waals surface area contributed by atoms with E-state index in [0.717, 1.165) is 18.2 Å². The van der Waals surface area contributed by atoms with Gasteiger partial charge < -0.3 is 16.8 Å². The van der Waals surface area contributed by atoms with Crippen molar-refractivity contribution < 1.29 is 16.8 Å². The maximum atomic E-state index is 12.9. The van der Waals surface area contributed by atoms with E-state index in [1.54, 1.807) is 18.7 Å². The van der Waals surface area contributed by atoms with Crippen LogP contribution in [0, 0.1) is 0 Å². The Kier molecular flexibility index (Phi) is 11.2. The molecule has 1 heterocycles. The second-order valence-corrected chi connectivity index (χ2v) is 12.3. The summed E-state index contributed by atoms with van der Waals surface area (Å²) >= 11 is 2.93. The van der Waals surface area contributed by atoms with Crippen LogP contribution in [0.2, 0.25) is 0 Å². The molecule has 0 aliphatic heterocycles. The molecule has 1 aromatic carbocycles. The van der Waals surface area contributed by atoms with E-state index in [1.807, 2.05) is 12.3 Å². The first-order chi connectivity index (χ1) is 16.6. The molecule has 0 saturated carbocycles. The minimum Gasteiger partial charge on any atom is -0.370 e. The number of rotatable bonds is 13. The number of nitrogens with zero attached hydrogens (tertiary/aromatic N) is 3.